The number of halogens is 1. The smallest absolute Gasteiger partial charge is 0.238 e. The number of Topliss-reactive ketones (excluding diaryl/α,β-unsaturated/α-hetero) is 1. The van der Waals surface area contributed by atoms with Crippen molar-refractivity contribution < 1.29 is 18.8 Å². The number of imide groups is 1. The van der Waals surface area contributed by atoms with Gasteiger partial charge in [-0.15, -0.1) is 0 Å². The molecule has 4 nitrogen and oxygen atoms in total. The van der Waals surface area contributed by atoms with Crippen LogP contribution in [0.3, 0.4) is 0 Å². The number of fused-ring (bicyclic) bond motifs is 2. The number of hydrogen-bond acceptors (Lipinski definition) is 3. The van der Waals surface area contributed by atoms with E-state index in [1.165, 1.54) is 23.1 Å². The number of rotatable bonds is 1. The van der Waals surface area contributed by atoms with Crippen LogP contribution in [-0.4, -0.2) is 17.6 Å². The summed E-state index contributed by atoms with van der Waals surface area (Å²) in [5, 5.41) is 0. The SMILES string of the molecule is Cc1cc(N2C(=O)[C@H]3[C@@H]4CC[C@@H](C(=O)C4)[C@H]3C2=O)ccc1F. The summed E-state index contributed by atoms with van der Waals surface area (Å²) in [6.07, 6.45) is 1.97. The molecule has 1 heterocycles. The number of benzene rings is 1. The average Bonchev–Trinajstić information content (AvgIpc) is 2.76. The highest BCUT2D eigenvalue weighted by Crippen LogP contribution is 2.52. The van der Waals surface area contributed by atoms with Crippen LogP contribution in [-0.2, 0) is 14.4 Å². The summed E-state index contributed by atoms with van der Waals surface area (Å²) in [6.45, 7) is 1.60. The monoisotopic (exact) mass is 301 g/mol. The number of hydrogen-bond donors (Lipinski definition) is 0. The Morgan fingerprint density at radius 3 is 2.50 bits per heavy atom. The first kappa shape index (κ1) is 13.6. The predicted molar refractivity (Wildman–Crippen MR) is 76.4 cm³/mol. The highest BCUT2D eigenvalue weighted by Gasteiger charge is 2.60. The van der Waals surface area contributed by atoms with Gasteiger partial charge in [-0.2, -0.15) is 0 Å². The first-order chi connectivity index (χ1) is 10.5. The molecule has 4 aliphatic rings. The molecule has 3 saturated carbocycles. The normalized spacial score (nSPS) is 33.5. The van der Waals surface area contributed by atoms with Gasteiger partial charge in [0.25, 0.3) is 0 Å². The van der Waals surface area contributed by atoms with Gasteiger partial charge in [0.2, 0.25) is 11.8 Å². The zero-order valence-electron chi connectivity index (χ0n) is 12.2. The van der Waals surface area contributed by atoms with Crippen molar-refractivity contribution in [2.24, 2.45) is 23.7 Å². The Kier molecular flexibility index (Phi) is 2.77. The van der Waals surface area contributed by atoms with Gasteiger partial charge in [-0.25, -0.2) is 4.39 Å². The van der Waals surface area contributed by atoms with Gasteiger partial charge in [0.05, 0.1) is 17.5 Å². The second-order valence-electron chi connectivity index (χ2n) is 6.61. The lowest BCUT2D eigenvalue weighted by molar-refractivity contribution is -0.143. The molecule has 0 aromatic heterocycles. The lowest BCUT2D eigenvalue weighted by atomic mass is 9.59. The Balaban J connectivity index is 1.77. The number of nitrogens with zero attached hydrogens (tertiary/aromatic N) is 1. The van der Waals surface area contributed by atoms with Gasteiger partial charge in [-0.1, -0.05) is 0 Å². The van der Waals surface area contributed by atoms with Crippen LogP contribution in [0.5, 0.6) is 0 Å². The van der Waals surface area contributed by atoms with Gasteiger partial charge in [0.15, 0.2) is 0 Å². The minimum Gasteiger partial charge on any atom is -0.299 e. The Labute approximate surface area is 127 Å². The largest absolute Gasteiger partial charge is 0.299 e. The third-order valence-electron chi connectivity index (χ3n) is 5.46. The van der Waals surface area contributed by atoms with E-state index in [9.17, 15) is 18.8 Å². The molecule has 1 aromatic rings. The number of carbonyl (C=O) groups excluding carboxylic acids is 3. The molecule has 5 rings (SSSR count). The van der Waals surface area contributed by atoms with Crippen molar-refractivity contribution >= 4 is 23.3 Å². The van der Waals surface area contributed by atoms with Crippen LogP contribution in [0.25, 0.3) is 0 Å². The zero-order chi connectivity index (χ0) is 15.6. The molecule has 0 unspecified atom stereocenters. The molecule has 1 aliphatic heterocycles. The lowest BCUT2D eigenvalue weighted by Gasteiger charge is -2.41. The molecule has 4 atom stereocenters. The second kappa shape index (κ2) is 4.48. The van der Waals surface area contributed by atoms with Gasteiger partial charge < -0.3 is 0 Å². The van der Waals surface area contributed by atoms with Crippen molar-refractivity contribution in [1.82, 2.24) is 0 Å². The van der Waals surface area contributed by atoms with E-state index >= 15 is 0 Å². The van der Waals surface area contributed by atoms with E-state index < -0.39 is 5.92 Å². The summed E-state index contributed by atoms with van der Waals surface area (Å²) in [7, 11) is 0. The van der Waals surface area contributed by atoms with Crippen LogP contribution in [0, 0.1) is 36.4 Å². The van der Waals surface area contributed by atoms with E-state index in [1.54, 1.807) is 6.92 Å². The summed E-state index contributed by atoms with van der Waals surface area (Å²) < 4.78 is 13.4. The highest BCUT2D eigenvalue weighted by molar-refractivity contribution is 6.23. The van der Waals surface area contributed by atoms with E-state index in [-0.39, 0.29) is 41.2 Å². The quantitative estimate of drug-likeness (QED) is 0.748. The predicted octanol–water partition coefficient (Wildman–Crippen LogP) is 2.24. The maximum absolute atomic E-state index is 13.4. The summed E-state index contributed by atoms with van der Waals surface area (Å²) in [4.78, 5) is 38.7. The molecule has 0 radical (unpaired) electrons. The number of ketones is 1. The van der Waals surface area contributed by atoms with Crippen LogP contribution >= 0.6 is 0 Å². The Morgan fingerprint density at radius 2 is 1.82 bits per heavy atom. The molecule has 0 N–H and O–H groups in total. The number of anilines is 1. The van der Waals surface area contributed by atoms with Crippen LogP contribution in [0.1, 0.15) is 24.8 Å². The molecule has 22 heavy (non-hydrogen) atoms. The van der Waals surface area contributed by atoms with Crippen molar-refractivity contribution in [2.45, 2.75) is 26.2 Å². The first-order valence-electron chi connectivity index (χ1n) is 7.65. The van der Waals surface area contributed by atoms with Gasteiger partial charge in [-0.3, -0.25) is 19.3 Å². The van der Waals surface area contributed by atoms with Crippen LogP contribution in [0.2, 0.25) is 0 Å². The van der Waals surface area contributed by atoms with Gasteiger partial charge in [0.1, 0.15) is 11.6 Å². The van der Waals surface area contributed by atoms with Crippen molar-refractivity contribution in [3.8, 4) is 0 Å². The first-order valence-corrected chi connectivity index (χ1v) is 7.65. The van der Waals surface area contributed by atoms with Crippen molar-refractivity contribution in [3.63, 3.8) is 0 Å². The molecule has 4 fully saturated rings. The fourth-order valence-electron chi connectivity index (χ4n) is 4.41. The third kappa shape index (κ3) is 1.65. The molecule has 2 amide bonds. The standard InChI is InChI=1S/C17H16FNO3/c1-8-6-10(3-5-12(8)18)19-16(21)14-9-2-4-11(13(20)7-9)15(14)17(19)22/h3,5-6,9,11,14-15H,2,4,7H2,1H3/t9-,11+,14+,15-/m1/s1. The maximum Gasteiger partial charge on any atom is 0.238 e. The fraction of sp³-hybridized carbons (Fsp3) is 0.471. The van der Waals surface area contributed by atoms with E-state index in [0.717, 1.165) is 6.42 Å². The number of amides is 2. The van der Waals surface area contributed by atoms with Crippen molar-refractivity contribution in [3.05, 3.63) is 29.6 Å². The van der Waals surface area contributed by atoms with E-state index in [1.807, 2.05) is 0 Å². The zero-order valence-corrected chi connectivity index (χ0v) is 12.2. The van der Waals surface area contributed by atoms with E-state index in [4.69, 9.17) is 0 Å². The summed E-state index contributed by atoms with van der Waals surface area (Å²) >= 11 is 0. The molecular weight excluding hydrogens is 285 g/mol. The van der Waals surface area contributed by atoms with Crippen molar-refractivity contribution in [1.29, 1.82) is 0 Å². The minimum atomic E-state index is -0.502. The topological polar surface area (TPSA) is 54.5 Å². The van der Waals surface area contributed by atoms with Gasteiger partial charge in [-0.05, 0) is 49.4 Å². The molecular formula is C17H16FNO3. The molecule has 5 heteroatoms. The van der Waals surface area contributed by atoms with Crippen LogP contribution in [0.4, 0.5) is 10.1 Å². The maximum atomic E-state index is 13.4. The lowest BCUT2D eigenvalue weighted by Crippen LogP contribution is -2.46. The number of aryl methyl sites for hydroxylation is 1. The van der Waals surface area contributed by atoms with Crippen LogP contribution in [0.15, 0.2) is 18.2 Å². The summed E-state index contributed by atoms with van der Waals surface area (Å²) in [5.74, 6) is -1.94. The Bertz CT molecular complexity index is 714. The second-order valence-corrected chi connectivity index (χ2v) is 6.61. The minimum absolute atomic E-state index is 0.00880. The van der Waals surface area contributed by atoms with E-state index in [2.05, 4.69) is 0 Å². The summed E-state index contributed by atoms with van der Waals surface area (Å²) in [5.41, 5.74) is 0.808. The van der Waals surface area contributed by atoms with E-state index in [0.29, 0.717) is 24.1 Å². The highest BCUT2D eigenvalue weighted by atomic mass is 19.1. The number of carbonyl (C=O) groups is 3. The average molecular weight is 301 g/mol. The third-order valence-corrected chi connectivity index (χ3v) is 5.46. The Hall–Kier alpha value is -2.04. The Morgan fingerprint density at radius 1 is 1.09 bits per heavy atom. The molecule has 1 aromatic carbocycles. The molecule has 3 aliphatic carbocycles. The summed E-state index contributed by atoms with van der Waals surface area (Å²) in [6, 6.07) is 4.25. The molecule has 1 saturated heterocycles. The van der Waals surface area contributed by atoms with Gasteiger partial charge in [0, 0.05) is 12.3 Å². The molecule has 2 bridgehead atoms. The fourth-order valence-corrected chi connectivity index (χ4v) is 4.41. The van der Waals surface area contributed by atoms with Gasteiger partial charge >= 0.3 is 0 Å². The molecule has 114 valence electrons. The van der Waals surface area contributed by atoms with Crippen LogP contribution < -0.4 is 4.90 Å². The molecule has 0 spiro atoms. The van der Waals surface area contributed by atoms with Crippen molar-refractivity contribution in [2.75, 3.05) is 4.90 Å².